The number of nitrogens with zero attached hydrogens (tertiary/aromatic N) is 2. The van der Waals surface area contributed by atoms with Gasteiger partial charge in [-0.25, -0.2) is 8.42 Å². The first kappa shape index (κ1) is 20.3. The number of rotatable bonds is 5. The lowest BCUT2D eigenvalue weighted by atomic mass is 10.1. The predicted molar refractivity (Wildman–Crippen MR) is 110 cm³/mol. The number of thiophene rings is 1. The van der Waals surface area contributed by atoms with Crippen molar-refractivity contribution in [2.45, 2.75) is 43.4 Å². The molecule has 1 aliphatic heterocycles. The van der Waals surface area contributed by atoms with Crippen LogP contribution >= 0.6 is 11.3 Å². The van der Waals surface area contributed by atoms with Gasteiger partial charge in [0.25, 0.3) is 15.6 Å². The molecule has 3 heterocycles. The summed E-state index contributed by atoms with van der Waals surface area (Å²) in [6.45, 7) is 5.60. The van der Waals surface area contributed by atoms with Crippen molar-refractivity contribution in [2.24, 2.45) is 0 Å². The van der Waals surface area contributed by atoms with Crippen molar-refractivity contribution in [3.05, 3.63) is 39.8 Å². The third-order valence-electron chi connectivity index (χ3n) is 5.38. The molecule has 0 saturated carbocycles. The minimum atomic E-state index is -3.52. The average Bonchev–Trinajstić information content (AvgIpc) is 3.12. The molecule has 1 saturated heterocycles. The van der Waals surface area contributed by atoms with Gasteiger partial charge >= 0.3 is 0 Å². The van der Waals surface area contributed by atoms with E-state index < -0.39 is 10.0 Å². The van der Waals surface area contributed by atoms with Gasteiger partial charge in [0.05, 0.1) is 0 Å². The third-order valence-corrected chi connectivity index (χ3v) is 8.87. The summed E-state index contributed by atoms with van der Waals surface area (Å²) in [5, 5.41) is 0. The van der Waals surface area contributed by atoms with Crippen molar-refractivity contribution in [1.29, 1.82) is 0 Å². The highest BCUT2D eigenvalue weighted by Crippen LogP contribution is 2.34. The lowest BCUT2D eigenvalue weighted by molar-refractivity contribution is 0.198. The molecule has 148 valence electrons. The lowest BCUT2D eigenvalue weighted by Gasteiger charge is -2.34. The minimum Gasteiger partial charge on any atom is -0.326 e. The molecule has 0 spiro atoms. The van der Waals surface area contributed by atoms with Gasteiger partial charge in [-0.15, -0.1) is 11.3 Å². The fourth-order valence-electron chi connectivity index (χ4n) is 3.48. The maximum atomic E-state index is 13.1. The van der Waals surface area contributed by atoms with Crippen LogP contribution in [0.25, 0.3) is 10.4 Å². The van der Waals surface area contributed by atoms with Gasteiger partial charge in [0, 0.05) is 34.8 Å². The highest BCUT2D eigenvalue weighted by atomic mass is 32.2. The molecule has 1 N–H and O–H groups in total. The standard InChI is InChI=1S/C19H27N3O3S2/c1-5-14-12-16(13(2)20-19(14)23)17-6-7-18(26-17)27(24,25)22(4)15-8-10-21(3)11-9-15/h6-7,12,15H,5,8-11H2,1-4H3,(H,20,23). The molecule has 6 nitrogen and oxygen atoms in total. The zero-order chi connectivity index (χ0) is 19.8. The number of likely N-dealkylation sites (tertiary alicyclic amines) is 1. The van der Waals surface area contributed by atoms with Crippen LogP contribution in [0.15, 0.2) is 27.2 Å². The zero-order valence-corrected chi connectivity index (χ0v) is 17.9. The minimum absolute atomic E-state index is 0.0401. The Labute approximate surface area is 164 Å². The molecule has 0 unspecified atom stereocenters. The Hall–Kier alpha value is -1.48. The Kier molecular flexibility index (Phi) is 5.90. The second-order valence-corrected chi connectivity index (χ2v) is 10.5. The van der Waals surface area contributed by atoms with E-state index >= 15 is 0 Å². The SMILES string of the molecule is CCc1cc(-c2ccc(S(=O)(=O)N(C)C3CCN(C)CC3)s2)c(C)[nH]c1=O. The molecular weight excluding hydrogens is 382 g/mol. The normalized spacial score (nSPS) is 16.9. The van der Waals surface area contributed by atoms with E-state index in [2.05, 4.69) is 16.9 Å². The summed E-state index contributed by atoms with van der Waals surface area (Å²) in [7, 11) is 0.230. The summed E-state index contributed by atoms with van der Waals surface area (Å²) < 4.78 is 28.1. The molecule has 27 heavy (non-hydrogen) atoms. The topological polar surface area (TPSA) is 73.5 Å². The summed E-state index contributed by atoms with van der Waals surface area (Å²) in [6.07, 6.45) is 2.34. The van der Waals surface area contributed by atoms with Gasteiger partial charge in [0.2, 0.25) is 0 Å². The Bertz CT molecular complexity index is 970. The molecule has 0 aliphatic carbocycles. The molecule has 2 aromatic rings. The van der Waals surface area contributed by atoms with Gasteiger partial charge in [0.1, 0.15) is 4.21 Å². The number of pyridine rings is 1. The number of aromatic nitrogens is 1. The largest absolute Gasteiger partial charge is 0.326 e. The van der Waals surface area contributed by atoms with Crippen LogP contribution in [0.5, 0.6) is 0 Å². The number of aryl methyl sites for hydroxylation is 2. The molecule has 0 atom stereocenters. The van der Waals surface area contributed by atoms with Crippen LogP contribution in [0.2, 0.25) is 0 Å². The predicted octanol–water partition coefficient (Wildman–Crippen LogP) is 2.69. The number of hydrogen-bond donors (Lipinski definition) is 1. The fraction of sp³-hybridized carbons (Fsp3) is 0.526. The number of piperidine rings is 1. The van der Waals surface area contributed by atoms with Crippen LogP contribution in [-0.2, 0) is 16.4 Å². The summed E-state index contributed by atoms with van der Waals surface area (Å²) in [6, 6.07) is 5.42. The van der Waals surface area contributed by atoms with Gasteiger partial charge < -0.3 is 9.88 Å². The molecule has 0 aromatic carbocycles. The monoisotopic (exact) mass is 409 g/mol. The van der Waals surface area contributed by atoms with Gasteiger partial charge in [-0.1, -0.05) is 6.92 Å². The maximum absolute atomic E-state index is 13.1. The van der Waals surface area contributed by atoms with Crippen LogP contribution < -0.4 is 5.56 Å². The van der Waals surface area contributed by atoms with E-state index in [0.717, 1.165) is 42.1 Å². The molecule has 2 aromatic heterocycles. The average molecular weight is 410 g/mol. The van der Waals surface area contributed by atoms with E-state index in [9.17, 15) is 13.2 Å². The van der Waals surface area contributed by atoms with Crippen LogP contribution in [-0.4, -0.2) is 55.8 Å². The van der Waals surface area contributed by atoms with E-state index in [-0.39, 0.29) is 11.6 Å². The van der Waals surface area contributed by atoms with E-state index in [4.69, 9.17) is 0 Å². The smallest absolute Gasteiger partial charge is 0.252 e. The number of aromatic amines is 1. The first-order valence-electron chi connectivity index (χ1n) is 9.23. The zero-order valence-electron chi connectivity index (χ0n) is 16.3. The molecule has 3 rings (SSSR count). The van der Waals surface area contributed by atoms with Crippen LogP contribution in [0, 0.1) is 6.92 Å². The Morgan fingerprint density at radius 1 is 1.30 bits per heavy atom. The summed E-state index contributed by atoms with van der Waals surface area (Å²) in [5.41, 5.74) is 2.27. The van der Waals surface area contributed by atoms with Crippen molar-refractivity contribution in [3.8, 4) is 10.4 Å². The van der Waals surface area contributed by atoms with E-state index in [1.165, 1.54) is 15.6 Å². The molecule has 0 amide bonds. The second kappa shape index (κ2) is 7.87. The molecular formula is C19H27N3O3S2. The second-order valence-electron chi connectivity index (χ2n) is 7.19. The molecule has 1 fully saturated rings. The summed E-state index contributed by atoms with van der Waals surface area (Å²) >= 11 is 1.26. The van der Waals surface area contributed by atoms with E-state index in [0.29, 0.717) is 16.2 Å². The van der Waals surface area contributed by atoms with Crippen molar-refractivity contribution >= 4 is 21.4 Å². The van der Waals surface area contributed by atoms with Gasteiger partial charge in [0.15, 0.2) is 0 Å². The highest BCUT2D eigenvalue weighted by molar-refractivity contribution is 7.91. The Morgan fingerprint density at radius 2 is 1.96 bits per heavy atom. The van der Waals surface area contributed by atoms with E-state index in [1.54, 1.807) is 13.1 Å². The summed E-state index contributed by atoms with van der Waals surface area (Å²) in [4.78, 5) is 17.9. The first-order valence-corrected chi connectivity index (χ1v) is 11.5. The van der Waals surface area contributed by atoms with Crippen molar-refractivity contribution in [3.63, 3.8) is 0 Å². The van der Waals surface area contributed by atoms with Crippen molar-refractivity contribution in [1.82, 2.24) is 14.2 Å². The third kappa shape index (κ3) is 4.03. The number of nitrogens with one attached hydrogen (secondary N) is 1. The number of H-pyrrole nitrogens is 1. The number of hydrogen-bond acceptors (Lipinski definition) is 5. The van der Waals surface area contributed by atoms with Crippen molar-refractivity contribution in [2.75, 3.05) is 27.2 Å². The van der Waals surface area contributed by atoms with Gasteiger partial charge in [-0.3, -0.25) is 4.79 Å². The van der Waals surface area contributed by atoms with Gasteiger partial charge in [-0.05, 0) is 64.5 Å². The molecule has 0 bridgehead atoms. The highest BCUT2D eigenvalue weighted by Gasteiger charge is 2.31. The Balaban J connectivity index is 1.90. The lowest BCUT2D eigenvalue weighted by Crippen LogP contribution is -2.44. The summed E-state index contributed by atoms with van der Waals surface area (Å²) in [5.74, 6) is 0. The van der Waals surface area contributed by atoms with Crippen molar-refractivity contribution < 1.29 is 8.42 Å². The Morgan fingerprint density at radius 3 is 2.59 bits per heavy atom. The molecule has 0 radical (unpaired) electrons. The molecule has 8 heteroatoms. The molecule has 1 aliphatic rings. The quantitative estimate of drug-likeness (QED) is 0.824. The first-order chi connectivity index (χ1) is 12.7. The van der Waals surface area contributed by atoms with E-state index in [1.807, 2.05) is 26.0 Å². The van der Waals surface area contributed by atoms with Crippen LogP contribution in [0.3, 0.4) is 0 Å². The van der Waals surface area contributed by atoms with Crippen LogP contribution in [0.4, 0.5) is 0 Å². The fourth-order valence-corrected chi connectivity index (χ4v) is 6.47. The number of sulfonamides is 1. The maximum Gasteiger partial charge on any atom is 0.252 e. The van der Waals surface area contributed by atoms with Gasteiger partial charge in [-0.2, -0.15) is 4.31 Å². The van der Waals surface area contributed by atoms with Crippen LogP contribution in [0.1, 0.15) is 31.0 Å².